The van der Waals surface area contributed by atoms with Gasteiger partial charge in [0.2, 0.25) is 0 Å². The van der Waals surface area contributed by atoms with Crippen molar-refractivity contribution in [1.29, 1.82) is 0 Å². The lowest BCUT2D eigenvalue weighted by atomic mass is 9.99. The van der Waals surface area contributed by atoms with Gasteiger partial charge in [0.05, 0.1) is 5.02 Å². The number of rotatable bonds is 5. The minimum absolute atomic E-state index is 0.114. The molecule has 116 valence electrons. The molecule has 3 atom stereocenters. The maximum Gasteiger partial charge on any atom is 0.129 e. The molecule has 0 amide bonds. The third kappa shape index (κ3) is 3.16. The molecule has 0 heterocycles. The van der Waals surface area contributed by atoms with Crippen LogP contribution in [0.25, 0.3) is 0 Å². The second-order valence-corrected chi connectivity index (χ2v) is 7.67. The van der Waals surface area contributed by atoms with Gasteiger partial charge in [0.1, 0.15) is 5.82 Å². The second kappa shape index (κ2) is 6.55. The van der Waals surface area contributed by atoms with E-state index >= 15 is 0 Å². The van der Waals surface area contributed by atoms with Crippen LogP contribution in [0.5, 0.6) is 0 Å². The molecular weight excluding hydrogens is 353 g/mol. The van der Waals surface area contributed by atoms with Gasteiger partial charge in [-0.15, -0.1) is 0 Å². The Bertz CT molecular complexity index is 510. The fourth-order valence-corrected chi connectivity index (χ4v) is 4.56. The Morgan fingerprint density at radius 1 is 1.33 bits per heavy atom. The quantitative estimate of drug-likeness (QED) is 0.650. The summed E-state index contributed by atoms with van der Waals surface area (Å²) in [5, 5.41) is 4.17. The maximum absolute atomic E-state index is 14.4. The molecule has 0 saturated heterocycles. The second-order valence-electron chi connectivity index (χ2n) is 6.41. The normalized spacial score (nSPS) is 29.0. The van der Waals surface area contributed by atoms with Gasteiger partial charge in [-0.2, -0.15) is 0 Å². The van der Waals surface area contributed by atoms with E-state index in [0.717, 1.165) is 30.4 Å². The summed E-state index contributed by atoms with van der Waals surface area (Å²) < 4.78 is 15.1. The van der Waals surface area contributed by atoms with Crippen LogP contribution in [0.1, 0.15) is 50.6 Å². The van der Waals surface area contributed by atoms with Crippen LogP contribution >= 0.6 is 27.5 Å². The predicted molar refractivity (Wildman–Crippen MR) is 89.1 cm³/mol. The molecule has 0 spiro atoms. The number of fused-ring (bicyclic) bond motifs is 1. The first-order valence-electron chi connectivity index (χ1n) is 8.01. The Morgan fingerprint density at radius 2 is 2.00 bits per heavy atom. The summed E-state index contributed by atoms with van der Waals surface area (Å²) >= 11 is 9.50. The van der Waals surface area contributed by atoms with E-state index in [0.29, 0.717) is 15.4 Å². The Kier molecular flexibility index (Phi) is 4.92. The lowest BCUT2D eigenvalue weighted by Crippen LogP contribution is -2.26. The molecule has 2 fully saturated rings. The van der Waals surface area contributed by atoms with Gasteiger partial charge in [0, 0.05) is 16.1 Å². The van der Waals surface area contributed by atoms with Crippen LogP contribution in [0, 0.1) is 23.6 Å². The molecule has 2 saturated carbocycles. The molecule has 1 N–H and O–H groups in total. The molecule has 1 nitrogen and oxygen atoms in total. The van der Waals surface area contributed by atoms with Crippen LogP contribution in [0.3, 0.4) is 0 Å². The first-order chi connectivity index (χ1) is 10.1. The van der Waals surface area contributed by atoms with Crippen molar-refractivity contribution in [1.82, 2.24) is 5.32 Å². The van der Waals surface area contributed by atoms with E-state index in [1.54, 1.807) is 6.07 Å². The van der Waals surface area contributed by atoms with Crippen molar-refractivity contribution in [3.8, 4) is 0 Å². The van der Waals surface area contributed by atoms with Crippen LogP contribution in [-0.4, -0.2) is 6.54 Å². The van der Waals surface area contributed by atoms with Gasteiger partial charge < -0.3 is 5.32 Å². The Hall–Kier alpha value is -0.120. The van der Waals surface area contributed by atoms with Crippen molar-refractivity contribution >= 4 is 27.5 Å². The van der Waals surface area contributed by atoms with E-state index in [4.69, 9.17) is 11.6 Å². The number of benzene rings is 1. The SMILES string of the molecule is CCCNC(c1cc(Cl)c(Br)cc1F)C1C2CCCCC21. The standard InChI is InChI=1S/C17H22BrClFN/c1-2-7-21-17(16-10-5-3-4-6-11(10)16)12-8-14(19)13(18)9-15(12)20/h8-11,16-17,21H,2-7H2,1H3. The van der Waals surface area contributed by atoms with Crippen LogP contribution in [-0.2, 0) is 0 Å². The highest BCUT2D eigenvalue weighted by molar-refractivity contribution is 9.10. The number of hydrogen-bond acceptors (Lipinski definition) is 1. The zero-order valence-electron chi connectivity index (χ0n) is 12.3. The molecular formula is C17H22BrClFN. The fourth-order valence-electron chi connectivity index (χ4n) is 4.07. The van der Waals surface area contributed by atoms with Crippen LogP contribution in [0.4, 0.5) is 4.39 Å². The summed E-state index contributed by atoms with van der Waals surface area (Å²) in [6.45, 7) is 3.07. The molecule has 1 aromatic carbocycles. The van der Waals surface area contributed by atoms with Crippen molar-refractivity contribution in [2.75, 3.05) is 6.54 Å². The van der Waals surface area contributed by atoms with E-state index in [2.05, 4.69) is 28.2 Å². The summed E-state index contributed by atoms with van der Waals surface area (Å²) in [4.78, 5) is 0. The van der Waals surface area contributed by atoms with Crippen molar-refractivity contribution in [2.45, 2.75) is 45.1 Å². The van der Waals surface area contributed by atoms with Crippen LogP contribution in [0.2, 0.25) is 5.02 Å². The summed E-state index contributed by atoms with van der Waals surface area (Å²) in [5.74, 6) is 2.01. The van der Waals surface area contributed by atoms with Gasteiger partial charge in [0.25, 0.3) is 0 Å². The maximum atomic E-state index is 14.4. The largest absolute Gasteiger partial charge is 0.310 e. The van der Waals surface area contributed by atoms with E-state index in [9.17, 15) is 4.39 Å². The van der Waals surface area contributed by atoms with Gasteiger partial charge in [0.15, 0.2) is 0 Å². The van der Waals surface area contributed by atoms with Gasteiger partial charge in [-0.1, -0.05) is 31.4 Å². The smallest absolute Gasteiger partial charge is 0.129 e. The van der Waals surface area contributed by atoms with E-state index < -0.39 is 0 Å². The third-order valence-corrected chi connectivity index (χ3v) is 6.29. The molecule has 0 radical (unpaired) electrons. The molecule has 0 aromatic heterocycles. The Morgan fingerprint density at radius 3 is 2.62 bits per heavy atom. The molecule has 1 aromatic rings. The van der Waals surface area contributed by atoms with Crippen molar-refractivity contribution in [2.24, 2.45) is 17.8 Å². The van der Waals surface area contributed by atoms with Crippen LogP contribution < -0.4 is 5.32 Å². The van der Waals surface area contributed by atoms with Gasteiger partial charge >= 0.3 is 0 Å². The molecule has 0 bridgehead atoms. The first kappa shape index (κ1) is 15.8. The topological polar surface area (TPSA) is 12.0 Å². The first-order valence-corrected chi connectivity index (χ1v) is 9.18. The van der Waals surface area contributed by atoms with E-state index in [1.165, 1.54) is 31.7 Å². The minimum Gasteiger partial charge on any atom is -0.310 e. The monoisotopic (exact) mass is 373 g/mol. The van der Waals surface area contributed by atoms with E-state index in [1.807, 2.05) is 0 Å². The molecule has 2 aliphatic carbocycles. The third-order valence-electron chi connectivity index (χ3n) is 5.10. The van der Waals surface area contributed by atoms with Crippen molar-refractivity contribution in [3.63, 3.8) is 0 Å². The lowest BCUT2D eigenvalue weighted by molar-refractivity contribution is 0.427. The Labute approximate surface area is 139 Å². The van der Waals surface area contributed by atoms with Crippen LogP contribution in [0.15, 0.2) is 16.6 Å². The number of hydrogen-bond donors (Lipinski definition) is 1. The summed E-state index contributed by atoms with van der Waals surface area (Å²) in [6.07, 6.45) is 6.35. The van der Waals surface area contributed by atoms with Gasteiger partial charge in [-0.25, -0.2) is 4.39 Å². The average Bonchev–Trinajstić information content (AvgIpc) is 3.19. The zero-order chi connectivity index (χ0) is 15.0. The highest BCUT2D eigenvalue weighted by Gasteiger charge is 2.54. The molecule has 2 aliphatic rings. The molecule has 4 heteroatoms. The summed E-state index contributed by atoms with van der Waals surface area (Å²) in [5.41, 5.74) is 0.746. The minimum atomic E-state index is -0.150. The van der Waals surface area contributed by atoms with E-state index in [-0.39, 0.29) is 11.9 Å². The predicted octanol–water partition coefficient (Wildman–Crippen LogP) is 5.72. The van der Waals surface area contributed by atoms with Gasteiger partial charge in [-0.3, -0.25) is 0 Å². The average molecular weight is 375 g/mol. The zero-order valence-corrected chi connectivity index (χ0v) is 14.7. The fraction of sp³-hybridized carbons (Fsp3) is 0.647. The van der Waals surface area contributed by atoms with Crippen molar-refractivity contribution in [3.05, 3.63) is 33.0 Å². The highest BCUT2D eigenvalue weighted by atomic mass is 79.9. The molecule has 21 heavy (non-hydrogen) atoms. The Balaban J connectivity index is 1.87. The summed E-state index contributed by atoms with van der Waals surface area (Å²) in [7, 11) is 0. The summed E-state index contributed by atoms with van der Waals surface area (Å²) in [6, 6.07) is 3.42. The van der Waals surface area contributed by atoms with Gasteiger partial charge in [-0.05, 0) is 71.6 Å². The highest BCUT2D eigenvalue weighted by Crippen LogP contribution is 2.60. The molecule has 3 rings (SSSR count). The van der Waals surface area contributed by atoms with Crippen molar-refractivity contribution < 1.29 is 4.39 Å². The number of halogens is 3. The molecule has 3 unspecified atom stereocenters. The lowest BCUT2D eigenvalue weighted by Gasteiger charge is -2.21. The molecule has 0 aliphatic heterocycles. The number of nitrogens with one attached hydrogen (secondary N) is 1.